The molecule has 2 amide bonds. The number of rotatable bonds is 3. The summed E-state index contributed by atoms with van der Waals surface area (Å²) in [6.45, 7) is 6.49. The zero-order chi connectivity index (χ0) is 16.1. The predicted molar refractivity (Wildman–Crippen MR) is 89.0 cm³/mol. The number of carbonyl (C=O) groups excluding carboxylic acids is 1. The van der Waals surface area contributed by atoms with Crippen molar-refractivity contribution in [3.63, 3.8) is 0 Å². The number of para-hydroxylation sites is 2. The molecule has 2 N–H and O–H groups in total. The fourth-order valence-corrected chi connectivity index (χ4v) is 3.19. The summed E-state index contributed by atoms with van der Waals surface area (Å²) in [7, 11) is 0. The molecule has 0 saturated carbocycles. The molecule has 0 aromatic heterocycles. The van der Waals surface area contributed by atoms with E-state index >= 15 is 0 Å². The maximum absolute atomic E-state index is 12.5. The maximum Gasteiger partial charge on any atom is 0.321 e. The average molecular weight is 319 g/mol. The van der Waals surface area contributed by atoms with Crippen LogP contribution >= 0.6 is 0 Å². The number of anilines is 1. The van der Waals surface area contributed by atoms with Gasteiger partial charge in [0.25, 0.3) is 0 Å². The number of nitrogens with zero attached hydrogens (tertiary/aromatic N) is 1. The zero-order valence-electron chi connectivity index (χ0n) is 13.6. The summed E-state index contributed by atoms with van der Waals surface area (Å²) in [5, 5.41) is 6.35. The SMILES string of the molecule is CCOc1ccccc1NC(=O)N1CCC2(CC1)CNCCO2. The fraction of sp³-hybridized carbons (Fsp3) is 0.588. The Balaban J connectivity index is 1.57. The van der Waals surface area contributed by atoms with Crippen LogP contribution in [0.4, 0.5) is 10.5 Å². The number of piperidine rings is 1. The van der Waals surface area contributed by atoms with Crippen molar-refractivity contribution in [2.45, 2.75) is 25.4 Å². The van der Waals surface area contributed by atoms with Crippen LogP contribution in [0.1, 0.15) is 19.8 Å². The Morgan fingerprint density at radius 2 is 2.17 bits per heavy atom. The van der Waals surface area contributed by atoms with Crippen molar-refractivity contribution in [1.82, 2.24) is 10.2 Å². The predicted octanol–water partition coefficient (Wildman–Crippen LogP) is 2.07. The lowest BCUT2D eigenvalue weighted by Gasteiger charge is -2.44. The van der Waals surface area contributed by atoms with Gasteiger partial charge in [0, 0.05) is 26.2 Å². The summed E-state index contributed by atoms with van der Waals surface area (Å²) in [5.74, 6) is 0.705. The third-order valence-corrected chi connectivity index (χ3v) is 4.52. The van der Waals surface area contributed by atoms with Gasteiger partial charge in [0.1, 0.15) is 5.75 Å². The molecule has 1 aromatic rings. The molecule has 3 rings (SSSR count). The van der Waals surface area contributed by atoms with E-state index in [0.717, 1.165) is 38.2 Å². The Morgan fingerprint density at radius 1 is 1.39 bits per heavy atom. The van der Waals surface area contributed by atoms with Crippen molar-refractivity contribution in [2.75, 3.05) is 44.7 Å². The van der Waals surface area contributed by atoms with E-state index in [1.54, 1.807) is 0 Å². The molecule has 0 aliphatic carbocycles. The molecule has 2 fully saturated rings. The molecule has 0 atom stereocenters. The number of ether oxygens (including phenoxy) is 2. The minimum atomic E-state index is -0.0851. The van der Waals surface area contributed by atoms with Crippen LogP contribution in [0, 0.1) is 0 Å². The van der Waals surface area contributed by atoms with Crippen molar-refractivity contribution in [3.05, 3.63) is 24.3 Å². The molecule has 1 spiro atoms. The molecule has 2 heterocycles. The second kappa shape index (κ2) is 7.19. The molecule has 126 valence electrons. The first-order valence-electron chi connectivity index (χ1n) is 8.35. The Labute approximate surface area is 137 Å². The van der Waals surface area contributed by atoms with E-state index in [-0.39, 0.29) is 11.6 Å². The van der Waals surface area contributed by atoms with E-state index in [9.17, 15) is 4.79 Å². The lowest BCUT2D eigenvalue weighted by molar-refractivity contribution is -0.0941. The molecule has 2 saturated heterocycles. The number of morpholine rings is 1. The number of hydrogen-bond acceptors (Lipinski definition) is 4. The molecular formula is C17H25N3O3. The van der Waals surface area contributed by atoms with E-state index in [1.807, 2.05) is 36.1 Å². The summed E-state index contributed by atoms with van der Waals surface area (Å²) in [6, 6.07) is 7.45. The van der Waals surface area contributed by atoms with Crippen LogP contribution in [0.5, 0.6) is 5.75 Å². The number of benzene rings is 1. The van der Waals surface area contributed by atoms with Gasteiger partial charge in [-0.3, -0.25) is 0 Å². The van der Waals surface area contributed by atoms with Gasteiger partial charge in [-0.2, -0.15) is 0 Å². The average Bonchev–Trinajstić information content (AvgIpc) is 2.58. The molecule has 0 radical (unpaired) electrons. The van der Waals surface area contributed by atoms with Gasteiger partial charge in [-0.15, -0.1) is 0 Å². The van der Waals surface area contributed by atoms with Crippen molar-refractivity contribution < 1.29 is 14.3 Å². The number of amides is 2. The van der Waals surface area contributed by atoms with Gasteiger partial charge in [0.15, 0.2) is 0 Å². The first-order valence-corrected chi connectivity index (χ1v) is 8.35. The van der Waals surface area contributed by atoms with Crippen molar-refractivity contribution in [1.29, 1.82) is 0 Å². The van der Waals surface area contributed by atoms with Crippen LogP contribution in [0.2, 0.25) is 0 Å². The molecule has 0 unspecified atom stereocenters. The van der Waals surface area contributed by atoms with E-state index in [1.165, 1.54) is 0 Å². The number of urea groups is 1. The highest BCUT2D eigenvalue weighted by Gasteiger charge is 2.38. The van der Waals surface area contributed by atoms with E-state index in [0.29, 0.717) is 25.4 Å². The van der Waals surface area contributed by atoms with Crippen LogP contribution in [0.15, 0.2) is 24.3 Å². The second-order valence-corrected chi connectivity index (χ2v) is 6.05. The first-order chi connectivity index (χ1) is 11.2. The van der Waals surface area contributed by atoms with Crippen molar-refractivity contribution in [2.24, 2.45) is 0 Å². The minimum Gasteiger partial charge on any atom is -0.492 e. The van der Waals surface area contributed by atoms with E-state index in [4.69, 9.17) is 9.47 Å². The van der Waals surface area contributed by atoms with Gasteiger partial charge in [-0.1, -0.05) is 12.1 Å². The second-order valence-electron chi connectivity index (χ2n) is 6.05. The van der Waals surface area contributed by atoms with E-state index in [2.05, 4.69) is 10.6 Å². The lowest BCUT2D eigenvalue weighted by Crippen LogP contribution is -2.56. The molecule has 6 heteroatoms. The molecule has 2 aliphatic heterocycles. The van der Waals surface area contributed by atoms with Gasteiger partial charge in [-0.05, 0) is 31.9 Å². The van der Waals surface area contributed by atoms with Gasteiger partial charge in [0.05, 0.1) is 24.5 Å². The monoisotopic (exact) mass is 319 g/mol. The Morgan fingerprint density at radius 3 is 2.87 bits per heavy atom. The summed E-state index contributed by atoms with van der Waals surface area (Å²) in [4.78, 5) is 14.4. The number of likely N-dealkylation sites (tertiary alicyclic amines) is 1. The quantitative estimate of drug-likeness (QED) is 0.895. The van der Waals surface area contributed by atoms with Crippen LogP contribution in [0.3, 0.4) is 0 Å². The Hall–Kier alpha value is -1.79. The highest BCUT2D eigenvalue weighted by molar-refractivity contribution is 5.91. The third-order valence-electron chi connectivity index (χ3n) is 4.52. The highest BCUT2D eigenvalue weighted by Crippen LogP contribution is 2.29. The third kappa shape index (κ3) is 3.76. The standard InChI is InChI=1S/C17H25N3O3/c1-2-22-15-6-4-3-5-14(15)19-16(21)20-10-7-17(8-11-20)13-18-9-12-23-17/h3-6,18H,2,7-13H2,1H3,(H,19,21). The van der Waals surface area contributed by atoms with Crippen LogP contribution < -0.4 is 15.4 Å². The first kappa shape index (κ1) is 16.1. The smallest absolute Gasteiger partial charge is 0.321 e. The van der Waals surface area contributed by atoms with Crippen LogP contribution in [-0.4, -0.2) is 55.9 Å². The largest absolute Gasteiger partial charge is 0.492 e. The molecule has 23 heavy (non-hydrogen) atoms. The molecule has 6 nitrogen and oxygen atoms in total. The van der Waals surface area contributed by atoms with Gasteiger partial charge in [-0.25, -0.2) is 4.79 Å². The maximum atomic E-state index is 12.5. The summed E-state index contributed by atoms with van der Waals surface area (Å²) >= 11 is 0. The van der Waals surface area contributed by atoms with E-state index < -0.39 is 0 Å². The number of hydrogen-bond donors (Lipinski definition) is 2. The summed E-state index contributed by atoms with van der Waals surface area (Å²) in [6.07, 6.45) is 1.75. The van der Waals surface area contributed by atoms with Gasteiger partial charge >= 0.3 is 6.03 Å². The fourth-order valence-electron chi connectivity index (χ4n) is 3.19. The topological polar surface area (TPSA) is 62.8 Å². The van der Waals surface area contributed by atoms with Crippen LogP contribution in [-0.2, 0) is 4.74 Å². The Bertz CT molecular complexity index is 534. The lowest BCUT2D eigenvalue weighted by atomic mass is 9.90. The van der Waals surface area contributed by atoms with Gasteiger partial charge < -0.3 is 25.0 Å². The normalized spacial score (nSPS) is 20.3. The molecule has 0 bridgehead atoms. The number of carbonyl (C=O) groups is 1. The summed E-state index contributed by atoms with van der Waals surface area (Å²) in [5.41, 5.74) is 0.633. The molecule has 1 aromatic carbocycles. The Kier molecular flexibility index (Phi) is 5.03. The minimum absolute atomic E-state index is 0.0734. The zero-order valence-corrected chi connectivity index (χ0v) is 13.6. The van der Waals surface area contributed by atoms with Crippen molar-refractivity contribution >= 4 is 11.7 Å². The summed E-state index contributed by atoms with van der Waals surface area (Å²) < 4.78 is 11.5. The van der Waals surface area contributed by atoms with Gasteiger partial charge in [0.2, 0.25) is 0 Å². The molecular weight excluding hydrogens is 294 g/mol. The molecule has 2 aliphatic rings. The van der Waals surface area contributed by atoms with Crippen LogP contribution in [0.25, 0.3) is 0 Å². The number of nitrogens with one attached hydrogen (secondary N) is 2. The highest BCUT2D eigenvalue weighted by atomic mass is 16.5. The van der Waals surface area contributed by atoms with Crippen molar-refractivity contribution in [3.8, 4) is 5.75 Å².